The zero-order valence-electron chi connectivity index (χ0n) is 16.2. The van der Waals surface area contributed by atoms with E-state index >= 15 is 0 Å². The monoisotopic (exact) mass is 458 g/mol. The lowest BCUT2D eigenvalue weighted by Gasteiger charge is -2.17. The van der Waals surface area contributed by atoms with Gasteiger partial charge in [-0.05, 0) is 37.2 Å². The average molecular weight is 459 g/mol. The molecule has 0 aliphatic carbocycles. The maximum atomic E-state index is 10.6. The van der Waals surface area contributed by atoms with Gasteiger partial charge in [-0.15, -0.1) is 0 Å². The molecule has 2 aliphatic heterocycles. The molecule has 30 heavy (non-hydrogen) atoms. The summed E-state index contributed by atoms with van der Waals surface area (Å²) in [5, 5.41) is 27.3. The fraction of sp³-hybridized carbons (Fsp3) is 0.647. The van der Waals surface area contributed by atoms with E-state index < -0.39 is 24.5 Å². The number of halogens is 1. The molecule has 0 radical (unpaired) electrons. The Hall–Kier alpha value is -1.83. The molecule has 0 spiro atoms. The van der Waals surface area contributed by atoms with Gasteiger partial charge in [0.2, 0.25) is 5.28 Å². The maximum absolute atomic E-state index is 10.6. The first kappa shape index (κ1) is 21.4. The number of aromatic nitrogens is 4. The van der Waals surface area contributed by atoms with Crippen LogP contribution in [0.3, 0.4) is 0 Å². The van der Waals surface area contributed by atoms with Crippen LogP contribution in [0.25, 0.3) is 11.2 Å². The molecule has 5 atom stereocenters. The number of hydrogen-bond acceptors (Lipinski definition) is 10. The van der Waals surface area contributed by atoms with Crippen LogP contribution in [0.2, 0.25) is 5.28 Å². The van der Waals surface area contributed by atoms with Crippen molar-refractivity contribution in [3.05, 3.63) is 11.6 Å². The number of thiocarbonyl (C=S) groups is 1. The summed E-state index contributed by atoms with van der Waals surface area (Å²) < 4.78 is 18.1. The van der Waals surface area contributed by atoms with Crippen LogP contribution in [-0.4, -0.2) is 85.6 Å². The molecular formula is C17H23ClN6O5S. The molecule has 2 fully saturated rings. The molecule has 4 rings (SSSR count). The molecular weight excluding hydrogens is 436 g/mol. The van der Waals surface area contributed by atoms with Crippen LogP contribution < -0.4 is 10.6 Å². The van der Waals surface area contributed by atoms with Crippen molar-refractivity contribution in [2.45, 2.75) is 43.9 Å². The highest BCUT2D eigenvalue weighted by Crippen LogP contribution is 2.33. The van der Waals surface area contributed by atoms with Crippen LogP contribution in [0, 0.1) is 0 Å². The summed E-state index contributed by atoms with van der Waals surface area (Å²) in [5.74, 6) is 0.475. The molecule has 4 N–H and O–H groups in total. The Morgan fingerprint density at radius 2 is 2.23 bits per heavy atom. The second-order valence-electron chi connectivity index (χ2n) is 7.05. The van der Waals surface area contributed by atoms with E-state index in [4.69, 9.17) is 38.0 Å². The Balaban J connectivity index is 1.55. The number of aliphatic hydroxyl groups excluding tert-OH is 2. The number of aliphatic hydroxyl groups is 2. The summed E-state index contributed by atoms with van der Waals surface area (Å²) in [7, 11) is 0. The molecule has 2 aromatic heterocycles. The SMILES string of the molecule is CCNC(=S)OC[C@H]1OC(n2cnc3c(NC4CCOC4)nc(Cl)nc32)[C@H](O)[C@@H]1O. The molecule has 2 unspecified atom stereocenters. The summed E-state index contributed by atoms with van der Waals surface area (Å²) in [6.45, 7) is 3.72. The topological polar surface area (TPSA) is 136 Å². The molecule has 164 valence electrons. The van der Waals surface area contributed by atoms with E-state index in [-0.39, 0.29) is 23.1 Å². The zero-order valence-corrected chi connectivity index (χ0v) is 17.8. The first-order chi connectivity index (χ1) is 14.5. The molecule has 0 saturated carbocycles. The predicted octanol–water partition coefficient (Wildman–Crippen LogP) is 0.211. The van der Waals surface area contributed by atoms with Gasteiger partial charge in [-0.3, -0.25) is 4.57 Å². The van der Waals surface area contributed by atoms with Gasteiger partial charge in [-0.25, -0.2) is 4.98 Å². The normalized spacial score (nSPS) is 28.7. The Kier molecular flexibility index (Phi) is 6.51. The minimum Gasteiger partial charge on any atom is -0.468 e. The second kappa shape index (κ2) is 9.12. The molecule has 2 aromatic rings. The van der Waals surface area contributed by atoms with Crippen LogP contribution >= 0.6 is 23.8 Å². The lowest BCUT2D eigenvalue weighted by atomic mass is 10.1. The minimum absolute atomic E-state index is 0.0165. The molecule has 0 amide bonds. The van der Waals surface area contributed by atoms with Crippen LogP contribution in [0.4, 0.5) is 5.82 Å². The summed E-state index contributed by atoms with van der Waals surface area (Å²) in [6.07, 6.45) is -1.81. The van der Waals surface area contributed by atoms with Crippen molar-refractivity contribution in [2.24, 2.45) is 0 Å². The van der Waals surface area contributed by atoms with Gasteiger partial charge in [0, 0.05) is 13.2 Å². The summed E-state index contributed by atoms with van der Waals surface area (Å²) in [4.78, 5) is 12.9. The third-order valence-corrected chi connectivity index (χ3v) is 5.41. The molecule has 2 aliphatic rings. The highest BCUT2D eigenvalue weighted by Gasteiger charge is 2.45. The molecule has 4 heterocycles. The van der Waals surface area contributed by atoms with Crippen LogP contribution in [0.5, 0.6) is 0 Å². The Bertz CT molecular complexity index is 910. The van der Waals surface area contributed by atoms with Gasteiger partial charge in [0.05, 0.1) is 19.0 Å². The molecule has 0 aromatic carbocycles. The number of fused-ring (bicyclic) bond motifs is 1. The summed E-state index contributed by atoms with van der Waals surface area (Å²) >= 11 is 11.1. The molecule has 0 bridgehead atoms. The lowest BCUT2D eigenvalue weighted by Crippen LogP contribution is -2.35. The number of nitrogens with one attached hydrogen (secondary N) is 2. The third kappa shape index (κ3) is 4.29. The number of anilines is 1. The van der Waals surface area contributed by atoms with Crippen LogP contribution in [0.15, 0.2) is 6.33 Å². The summed E-state index contributed by atoms with van der Waals surface area (Å²) in [6, 6.07) is 0.0987. The van der Waals surface area contributed by atoms with E-state index in [2.05, 4.69) is 25.6 Å². The highest BCUT2D eigenvalue weighted by molar-refractivity contribution is 7.80. The van der Waals surface area contributed by atoms with Crippen molar-refractivity contribution in [3.8, 4) is 0 Å². The fourth-order valence-electron chi connectivity index (χ4n) is 3.47. The second-order valence-corrected chi connectivity index (χ2v) is 7.75. The van der Waals surface area contributed by atoms with E-state index in [0.717, 1.165) is 6.42 Å². The molecule has 13 heteroatoms. The van der Waals surface area contributed by atoms with Gasteiger partial charge in [0.25, 0.3) is 5.17 Å². The van der Waals surface area contributed by atoms with Crippen LogP contribution in [-0.2, 0) is 14.2 Å². The van der Waals surface area contributed by atoms with Gasteiger partial charge in [0.15, 0.2) is 23.2 Å². The largest absolute Gasteiger partial charge is 0.468 e. The molecule has 2 saturated heterocycles. The Morgan fingerprint density at radius 1 is 1.40 bits per heavy atom. The van der Waals surface area contributed by atoms with Gasteiger partial charge >= 0.3 is 0 Å². The van der Waals surface area contributed by atoms with Crippen molar-refractivity contribution in [3.63, 3.8) is 0 Å². The van der Waals surface area contributed by atoms with Crippen molar-refractivity contribution in [1.29, 1.82) is 0 Å². The summed E-state index contributed by atoms with van der Waals surface area (Å²) in [5.41, 5.74) is 0.849. The van der Waals surface area contributed by atoms with E-state index in [9.17, 15) is 10.2 Å². The van der Waals surface area contributed by atoms with Gasteiger partial charge < -0.3 is 35.1 Å². The van der Waals surface area contributed by atoms with E-state index in [0.29, 0.717) is 36.7 Å². The van der Waals surface area contributed by atoms with Crippen molar-refractivity contribution >= 4 is 46.0 Å². The van der Waals surface area contributed by atoms with Gasteiger partial charge in [-0.1, -0.05) is 0 Å². The fourth-order valence-corrected chi connectivity index (χ4v) is 3.85. The third-order valence-electron chi connectivity index (χ3n) is 4.98. The van der Waals surface area contributed by atoms with Crippen molar-refractivity contribution < 1.29 is 24.4 Å². The lowest BCUT2D eigenvalue weighted by molar-refractivity contribution is -0.0491. The van der Waals surface area contributed by atoms with E-state index in [1.807, 2.05) is 6.92 Å². The number of hydrogen-bond donors (Lipinski definition) is 4. The number of rotatable bonds is 6. The Morgan fingerprint density at radius 3 is 2.97 bits per heavy atom. The van der Waals surface area contributed by atoms with Gasteiger partial charge in [0.1, 0.15) is 24.9 Å². The zero-order chi connectivity index (χ0) is 21.3. The van der Waals surface area contributed by atoms with Crippen LogP contribution in [0.1, 0.15) is 19.6 Å². The first-order valence-corrected chi connectivity index (χ1v) is 10.4. The van der Waals surface area contributed by atoms with Crippen molar-refractivity contribution in [2.75, 3.05) is 31.7 Å². The standard InChI is InChI=1S/C17H23ClN6O5S/c1-2-19-17(30)28-6-9-11(25)12(26)15(29-9)24-7-20-10-13(21-8-3-4-27-5-8)22-16(18)23-14(10)24/h7-9,11-12,15,25-26H,2-6H2,1H3,(H,19,30)(H,21,22,23)/t8?,9-,11-,12-,15?/m1/s1. The van der Waals surface area contributed by atoms with E-state index in [1.54, 1.807) is 0 Å². The molecule has 11 nitrogen and oxygen atoms in total. The van der Waals surface area contributed by atoms with Crippen molar-refractivity contribution in [1.82, 2.24) is 24.8 Å². The maximum Gasteiger partial charge on any atom is 0.256 e. The smallest absolute Gasteiger partial charge is 0.256 e. The average Bonchev–Trinajstić information content (AvgIpc) is 3.42. The first-order valence-electron chi connectivity index (χ1n) is 9.64. The van der Waals surface area contributed by atoms with E-state index in [1.165, 1.54) is 10.9 Å². The number of nitrogens with zero attached hydrogens (tertiary/aromatic N) is 4. The Labute approximate surface area is 182 Å². The highest BCUT2D eigenvalue weighted by atomic mass is 35.5. The number of imidazole rings is 1. The van der Waals surface area contributed by atoms with Gasteiger partial charge in [-0.2, -0.15) is 9.97 Å². The minimum atomic E-state index is -1.22. The predicted molar refractivity (Wildman–Crippen MR) is 111 cm³/mol. The number of ether oxygens (including phenoxy) is 3. The quantitative estimate of drug-likeness (QED) is 0.349.